The van der Waals surface area contributed by atoms with Gasteiger partial charge in [-0.25, -0.2) is 4.98 Å². The lowest BCUT2D eigenvalue weighted by Crippen LogP contribution is -2.35. The molecule has 1 aliphatic heterocycles. The first kappa shape index (κ1) is 15.3. The Labute approximate surface area is 132 Å². The van der Waals surface area contributed by atoms with Crippen molar-refractivity contribution in [2.24, 2.45) is 11.7 Å². The van der Waals surface area contributed by atoms with Gasteiger partial charge >= 0.3 is 0 Å². The van der Waals surface area contributed by atoms with Gasteiger partial charge in [0.05, 0.1) is 5.56 Å². The Bertz CT molecular complexity index is 496. The number of hydrogen-bond donors (Lipinski definition) is 2. The molecule has 2 heterocycles. The number of likely N-dealkylation sites (tertiary alicyclic amines) is 1. The molecule has 0 unspecified atom stereocenters. The molecular formula is C17H26N4O. The SMILES string of the molecule is NC(=O)c1ccc(NC[C@@H]2CCN(C3CCCCC3)C2)nc1. The molecule has 1 amide bonds. The van der Waals surface area contributed by atoms with E-state index < -0.39 is 5.91 Å². The standard InChI is InChI=1S/C17H26N4O/c18-17(22)14-6-7-16(20-11-14)19-10-13-8-9-21(12-13)15-4-2-1-3-5-15/h6-7,11,13,15H,1-5,8-10,12H2,(H2,18,22)(H,19,20)/t13-/m0/s1. The zero-order valence-electron chi connectivity index (χ0n) is 13.1. The van der Waals surface area contributed by atoms with Crippen molar-refractivity contribution in [3.05, 3.63) is 23.9 Å². The molecule has 1 saturated carbocycles. The Morgan fingerprint density at radius 1 is 1.27 bits per heavy atom. The highest BCUT2D eigenvalue weighted by atomic mass is 16.1. The molecule has 3 N–H and O–H groups in total. The highest BCUT2D eigenvalue weighted by Gasteiger charge is 2.28. The third-order valence-electron chi connectivity index (χ3n) is 5.03. The van der Waals surface area contributed by atoms with E-state index in [0.717, 1.165) is 18.4 Å². The summed E-state index contributed by atoms with van der Waals surface area (Å²) in [4.78, 5) is 18.0. The third-order valence-corrected chi connectivity index (χ3v) is 5.03. The predicted octanol–water partition coefficient (Wildman–Crippen LogP) is 2.25. The third kappa shape index (κ3) is 3.77. The molecule has 0 aromatic carbocycles. The summed E-state index contributed by atoms with van der Waals surface area (Å²) in [5, 5.41) is 3.39. The number of carbonyl (C=O) groups is 1. The molecule has 1 aromatic rings. The van der Waals surface area contributed by atoms with Gasteiger partial charge < -0.3 is 16.0 Å². The van der Waals surface area contributed by atoms with E-state index in [9.17, 15) is 4.79 Å². The molecule has 3 rings (SSSR count). The monoisotopic (exact) mass is 302 g/mol. The first-order chi connectivity index (χ1) is 10.7. The summed E-state index contributed by atoms with van der Waals surface area (Å²) in [6, 6.07) is 4.38. The molecular weight excluding hydrogens is 276 g/mol. The van der Waals surface area contributed by atoms with E-state index in [4.69, 9.17) is 5.73 Å². The van der Waals surface area contributed by atoms with Crippen LogP contribution in [0.4, 0.5) is 5.82 Å². The van der Waals surface area contributed by atoms with Crippen LogP contribution in [0.25, 0.3) is 0 Å². The fraction of sp³-hybridized carbons (Fsp3) is 0.647. The maximum absolute atomic E-state index is 11.0. The fourth-order valence-electron chi connectivity index (χ4n) is 3.70. The molecule has 2 aliphatic rings. The highest BCUT2D eigenvalue weighted by molar-refractivity contribution is 5.92. The van der Waals surface area contributed by atoms with Crippen LogP contribution in [0.3, 0.4) is 0 Å². The van der Waals surface area contributed by atoms with E-state index in [2.05, 4.69) is 15.2 Å². The van der Waals surface area contributed by atoms with E-state index in [0.29, 0.717) is 11.5 Å². The van der Waals surface area contributed by atoms with Crippen molar-refractivity contribution in [3.63, 3.8) is 0 Å². The van der Waals surface area contributed by atoms with Crippen molar-refractivity contribution in [1.29, 1.82) is 0 Å². The number of rotatable bonds is 5. The molecule has 1 saturated heterocycles. The van der Waals surface area contributed by atoms with Crippen LogP contribution in [0.2, 0.25) is 0 Å². The molecule has 22 heavy (non-hydrogen) atoms. The Kier molecular flexibility index (Phi) is 4.93. The lowest BCUT2D eigenvalue weighted by molar-refractivity contribution is 0.1000. The molecule has 0 radical (unpaired) electrons. The molecule has 2 fully saturated rings. The number of nitrogens with two attached hydrogens (primary N) is 1. The summed E-state index contributed by atoms with van der Waals surface area (Å²) < 4.78 is 0. The second kappa shape index (κ2) is 7.09. The summed E-state index contributed by atoms with van der Waals surface area (Å²) in [5.41, 5.74) is 5.67. The van der Waals surface area contributed by atoms with Gasteiger partial charge in [0, 0.05) is 25.3 Å². The number of carbonyl (C=O) groups excluding carboxylic acids is 1. The van der Waals surface area contributed by atoms with Crippen molar-refractivity contribution < 1.29 is 4.79 Å². The van der Waals surface area contributed by atoms with Gasteiger partial charge in [0.1, 0.15) is 5.82 Å². The highest BCUT2D eigenvalue weighted by Crippen LogP contribution is 2.27. The lowest BCUT2D eigenvalue weighted by atomic mass is 9.94. The van der Waals surface area contributed by atoms with Crippen molar-refractivity contribution in [2.75, 3.05) is 25.0 Å². The predicted molar refractivity (Wildman–Crippen MR) is 87.8 cm³/mol. The summed E-state index contributed by atoms with van der Waals surface area (Å²) in [6.07, 6.45) is 9.80. The number of amides is 1. The second-order valence-electron chi connectivity index (χ2n) is 6.62. The van der Waals surface area contributed by atoms with Crippen molar-refractivity contribution in [1.82, 2.24) is 9.88 Å². The Balaban J connectivity index is 1.45. The molecule has 1 aliphatic carbocycles. The van der Waals surface area contributed by atoms with Crippen LogP contribution in [-0.2, 0) is 0 Å². The number of aromatic nitrogens is 1. The molecule has 1 aromatic heterocycles. The average molecular weight is 302 g/mol. The topological polar surface area (TPSA) is 71.2 Å². The minimum atomic E-state index is -0.432. The van der Waals surface area contributed by atoms with E-state index in [1.807, 2.05) is 6.07 Å². The minimum absolute atomic E-state index is 0.432. The van der Waals surface area contributed by atoms with Crippen LogP contribution in [0.5, 0.6) is 0 Å². The number of hydrogen-bond acceptors (Lipinski definition) is 4. The molecule has 1 atom stereocenters. The summed E-state index contributed by atoms with van der Waals surface area (Å²) in [7, 11) is 0. The zero-order valence-corrected chi connectivity index (χ0v) is 13.1. The van der Waals surface area contributed by atoms with Gasteiger partial charge in [0.15, 0.2) is 0 Å². The maximum atomic E-state index is 11.0. The maximum Gasteiger partial charge on any atom is 0.250 e. The van der Waals surface area contributed by atoms with Gasteiger partial charge in [0.2, 0.25) is 5.91 Å². The van der Waals surface area contributed by atoms with Crippen molar-refractivity contribution in [3.8, 4) is 0 Å². The number of nitrogens with one attached hydrogen (secondary N) is 1. The van der Waals surface area contributed by atoms with Gasteiger partial charge in [0.25, 0.3) is 0 Å². The van der Waals surface area contributed by atoms with Crippen LogP contribution in [0, 0.1) is 5.92 Å². The van der Waals surface area contributed by atoms with Crippen molar-refractivity contribution in [2.45, 2.75) is 44.6 Å². The zero-order chi connectivity index (χ0) is 15.4. The van der Waals surface area contributed by atoms with Crippen LogP contribution >= 0.6 is 0 Å². The van der Waals surface area contributed by atoms with Gasteiger partial charge in [-0.05, 0) is 43.9 Å². The average Bonchev–Trinajstić information content (AvgIpc) is 3.03. The largest absolute Gasteiger partial charge is 0.370 e. The van der Waals surface area contributed by atoms with Gasteiger partial charge in [-0.1, -0.05) is 19.3 Å². The summed E-state index contributed by atoms with van der Waals surface area (Å²) in [6.45, 7) is 3.40. The normalized spacial score (nSPS) is 23.5. The number of anilines is 1. The van der Waals surface area contributed by atoms with E-state index >= 15 is 0 Å². The molecule has 5 heteroatoms. The quantitative estimate of drug-likeness (QED) is 0.875. The first-order valence-corrected chi connectivity index (χ1v) is 8.46. The summed E-state index contributed by atoms with van der Waals surface area (Å²) >= 11 is 0. The lowest BCUT2D eigenvalue weighted by Gasteiger charge is -2.31. The first-order valence-electron chi connectivity index (χ1n) is 8.46. The van der Waals surface area contributed by atoms with Crippen LogP contribution in [-0.4, -0.2) is 41.5 Å². The van der Waals surface area contributed by atoms with Crippen molar-refractivity contribution >= 4 is 11.7 Å². The van der Waals surface area contributed by atoms with Crippen LogP contribution in [0.1, 0.15) is 48.9 Å². The fourth-order valence-corrected chi connectivity index (χ4v) is 3.70. The smallest absolute Gasteiger partial charge is 0.250 e. The van der Waals surface area contributed by atoms with E-state index in [1.165, 1.54) is 57.8 Å². The van der Waals surface area contributed by atoms with Gasteiger partial charge in [-0.15, -0.1) is 0 Å². The molecule has 5 nitrogen and oxygen atoms in total. The number of nitrogens with zero attached hydrogens (tertiary/aromatic N) is 2. The molecule has 120 valence electrons. The number of pyridine rings is 1. The minimum Gasteiger partial charge on any atom is -0.370 e. The number of primary amides is 1. The van der Waals surface area contributed by atoms with E-state index in [1.54, 1.807) is 6.07 Å². The molecule has 0 bridgehead atoms. The Morgan fingerprint density at radius 3 is 2.77 bits per heavy atom. The Hall–Kier alpha value is -1.62. The summed E-state index contributed by atoms with van der Waals surface area (Å²) in [5.74, 6) is 1.08. The van der Waals surface area contributed by atoms with E-state index in [-0.39, 0.29) is 0 Å². The van der Waals surface area contributed by atoms with Gasteiger partial charge in [-0.2, -0.15) is 0 Å². The van der Waals surface area contributed by atoms with Crippen LogP contribution in [0.15, 0.2) is 18.3 Å². The van der Waals surface area contributed by atoms with Crippen LogP contribution < -0.4 is 11.1 Å². The van der Waals surface area contributed by atoms with Gasteiger partial charge in [-0.3, -0.25) is 4.79 Å². The second-order valence-corrected chi connectivity index (χ2v) is 6.62. The Morgan fingerprint density at radius 2 is 2.09 bits per heavy atom. The molecule has 0 spiro atoms.